The van der Waals surface area contributed by atoms with E-state index in [9.17, 15) is 9.18 Å². The van der Waals surface area contributed by atoms with E-state index >= 15 is 0 Å². The van der Waals surface area contributed by atoms with Gasteiger partial charge < -0.3 is 11.1 Å². The lowest BCUT2D eigenvalue weighted by Gasteiger charge is -2.10. The van der Waals surface area contributed by atoms with Gasteiger partial charge in [-0.25, -0.2) is 4.39 Å². The first kappa shape index (κ1) is 14.3. The summed E-state index contributed by atoms with van der Waals surface area (Å²) in [4.78, 5) is 11.1. The number of amides is 1. The molecule has 0 unspecified atom stereocenters. The van der Waals surface area contributed by atoms with Gasteiger partial charge in [-0.1, -0.05) is 17.7 Å². The van der Waals surface area contributed by atoms with Crippen LogP contribution in [0.1, 0.15) is 21.5 Å². The fourth-order valence-electron chi connectivity index (χ4n) is 1.85. The van der Waals surface area contributed by atoms with Crippen molar-refractivity contribution in [3.8, 4) is 0 Å². The zero-order valence-electron chi connectivity index (χ0n) is 10.9. The first-order valence-electron chi connectivity index (χ1n) is 6.05. The predicted octanol–water partition coefficient (Wildman–Crippen LogP) is 3.50. The molecular formula is C15H14ClFN2O. The van der Waals surface area contributed by atoms with Gasteiger partial charge in [0.05, 0.1) is 5.02 Å². The molecule has 2 rings (SSSR count). The molecule has 0 aliphatic carbocycles. The van der Waals surface area contributed by atoms with Crippen LogP contribution in [0.5, 0.6) is 0 Å². The molecule has 0 bridgehead atoms. The molecule has 0 fully saturated rings. The monoisotopic (exact) mass is 292 g/mol. The average Bonchev–Trinajstić information content (AvgIpc) is 2.41. The Hall–Kier alpha value is -2.07. The van der Waals surface area contributed by atoms with Crippen LogP contribution in [0.3, 0.4) is 0 Å². The molecule has 0 aliphatic rings. The largest absolute Gasteiger partial charge is 0.381 e. The molecule has 0 heterocycles. The molecule has 104 valence electrons. The normalized spacial score (nSPS) is 10.3. The average molecular weight is 293 g/mol. The zero-order chi connectivity index (χ0) is 14.7. The molecule has 0 aromatic heterocycles. The Morgan fingerprint density at radius 2 is 2.05 bits per heavy atom. The molecule has 3 N–H and O–H groups in total. The van der Waals surface area contributed by atoms with Gasteiger partial charge in [0.25, 0.3) is 0 Å². The van der Waals surface area contributed by atoms with Crippen LogP contribution in [0.4, 0.5) is 10.1 Å². The van der Waals surface area contributed by atoms with Crippen LogP contribution in [0.2, 0.25) is 5.02 Å². The third-order valence-electron chi connectivity index (χ3n) is 3.03. The van der Waals surface area contributed by atoms with Gasteiger partial charge in [0, 0.05) is 17.8 Å². The predicted molar refractivity (Wildman–Crippen MR) is 78.4 cm³/mol. The Kier molecular flexibility index (Phi) is 4.25. The van der Waals surface area contributed by atoms with E-state index in [1.165, 1.54) is 12.1 Å². The van der Waals surface area contributed by atoms with Crippen molar-refractivity contribution in [1.29, 1.82) is 0 Å². The molecule has 3 nitrogen and oxygen atoms in total. The highest BCUT2D eigenvalue weighted by Gasteiger charge is 2.05. The van der Waals surface area contributed by atoms with Gasteiger partial charge >= 0.3 is 0 Å². The minimum atomic E-state index is -0.461. The molecule has 0 radical (unpaired) electrons. The molecule has 0 saturated heterocycles. The number of benzene rings is 2. The number of anilines is 1. The first-order valence-corrected chi connectivity index (χ1v) is 6.43. The van der Waals surface area contributed by atoms with Gasteiger partial charge in [-0.05, 0) is 48.4 Å². The van der Waals surface area contributed by atoms with Crippen molar-refractivity contribution in [3.05, 3.63) is 63.9 Å². The lowest BCUT2D eigenvalue weighted by Crippen LogP contribution is -2.11. The van der Waals surface area contributed by atoms with Crippen LogP contribution in [0.15, 0.2) is 36.4 Å². The number of hydrogen-bond donors (Lipinski definition) is 2. The number of hydrogen-bond acceptors (Lipinski definition) is 2. The minimum Gasteiger partial charge on any atom is -0.381 e. The summed E-state index contributed by atoms with van der Waals surface area (Å²) in [6.07, 6.45) is 0. The highest BCUT2D eigenvalue weighted by atomic mass is 35.5. The minimum absolute atomic E-state index is 0.0949. The summed E-state index contributed by atoms with van der Waals surface area (Å²) in [5, 5.41) is 3.20. The van der Waals surface area contributed by atoms with Gasteiger partial charge in [0.1, 0.15) is 5.82 Å². The highest BCUT2D eigenvalue weighted by molar-refractivity contribution is 6.30. The quantitative estimate of drug-likeness (QED) is 0.906. The van der Waals surface area contributed by atoms with Gasteiger partial charge in [-0.15, -0.1) is 0 Å². The van der Waals surface area contributed by atoms with Gasteiger partial charge in [0.2, 0.25) is 5.91 Å². The summed E-state index contributed by atoms with van der Waals surface area (Å²) in [6, 6.07) is 9.79. The summed E-state index contributed by atoms with van der Waals surface area (Å²) in [6.45, 7) is 2.41. The number of carbonyl (C=O) groups excluding carboxylic acids is 1. The lowest BCUT2D eigenvalue weighted by atomic mass is 10.0. The Labute approximate surface area is 121 Å². The topological polar surface area (TPSA) is 55.1 Å². The summed E-state index contributed by atoms with van der Waals surface area (Å²) >= 11 is 5.62. The second-order valence-corrected chi connectivity index (χ2v) is 4.90. The number of halogens is 2. The van der Waals surface area contributed by atoms with E-state index in [1.807, 2.05) is 13.0 Å². The summed E-state index contributed by atoms with van der Waals surface area (Å²) in [5.74, 6) is -0.912. The van der Waals surface area contributed by atoms with Crippen LogP contribution in [0, 0.1) is 12.7 Å². The maximum Gasteiger partial charge on any atom is 0.248 e. The molecule has 2 aromatic carbocycles. The fourth-order valence-corrected chi connectivity index (χ4v) is 1.97. The van der Waals surface area contributed by atoms with Crippen molar-refractivity contribution >= 4 is 23.2 Å². The standard InChI is InChI=1S/C15H14ClFN2O/c1-9-6-10(15(18)20)2-3-11(9)8-19-12-4-5-13(16)14(17)7-12/h2-7,19H,8H2,1H3,(H2,18,20). The van der Waals surface area contributed by atoms with E-state index in [1.54, 1.807) is 18.2 Å². The van der Waals surface area contributed by atoms with Crippen LogP contribution in [-0.4, -0.2) is 5.91 Å². The number of primary amides is 1. The number of carbonyl (C=O) groups is 1. The second-order valence-electron chi connectivity index (χ2n) is 4.49. The number of aryl methyl sites for hydroxylation is 1. The van der Waals surface area contributed by atoms with Crippen molar-refractivity contribution in [2.75, 3.05) is 5.32 Å². The van der Waals surface area contributed by atoms with Crippen LogP contribution >= 0.6 is 11.6 Å². The van der Waals surface area contributed by atoms with Gasteiger partial charge in [-0.3, -0.25) is 4.79 Å². The summed E-state index contributed by atoms with van der Waals surface area (Å²) in [5.41, 5.74) is 8.29. The molecule has 2 aromatic rings. The fraction of sp³-hybridized carbons (Fsp3) is 0.133. The molecule has 20 heavy (non-hydrogen) atoms. The SMILES string of the molecule is Cc1cc(C(N)=O)ccc1CNc1ccc(Cl)c(F)c1. The van der Waals surface area contributed by atoms with E-state index in [4.69, 9.17) is 17.3 Å². The lowest BCUT2D eigenvalue weighted by molar-refractivity contribution is 0.1000. The third kappa shape index (κ3) is 3.27. The van der Waals surface area contributed by atoms with Crippen molar-refractivity contribution < 1.29 is 9.18 Å². The van der Waals surface area contributed by atoms with Crippen molar-refractivity contribution in [2.45, 2.75) is 13.5 Å². The van der Waals surface area contributed by atoms with E-state index in [0.717, 1.165) is 11.1 Å². The Balaban J connectivity index is 2.10. The molecule has 0 aliphatic heterocycles. The first-order chi connectivity index (χ1) is 9.47. The molecular weight excluding hydrogens is 279 g/mol. The summed E-state index contributed by atoms with van der Waals surface area (Å²) in [7, 11) is 0. The molecule has 0 spiro atoms. The Morgan fingerprint density at radius 3 is 2.65 bits per heavy atom. The van der Waals surface area contributed by atoms with Crippen LogP contribution in [0.25, 0.3) is 0 Å². The van der Waals surface area contributed by atoms with E-state index in [0.29, 0.717) is 17.8 Å². The number of nitrogens with one attached hydrogen (secondary N) is 1. The third-order valence-corrected chi connectivity index (χ3v) is 3.34. The van der Waals surface area contributed by atoms with Crippen molar-refractivity contribution in [3.63, 3.8) is 0 Å². The zero-order valence-corrected chi connectivity index (χ0v) is 11.7. The molecule has 5 heteroatoms. The molecule has 0 atom stereocenters. The molecule has 1 amide bonds. The van der Waals surface area contributed by atoms with Crippen LogP contribution < -0.4 is 11.1 Å². The number of nitrogens with two attached hydrogens (primary N) is 1. The smallest absolute Gasteiger partial charge is 0.248 e. The van der Waals surface area contributed by atoms with E-state index < -0.39 is 11.7 Å². The Morgan fingerprint density at radius 1 is 1.30 bits per heavy atom. The van der Waals surface area contributed by atoms with Gasteiger partial charge in [0.15, 0.2) is 0 Å². The number of rotatable bonds is 4. The maximum atomic E-state index is 13.3. The Bertz CT molecular complexity index is 658. The van der Waals surface area contributed by atoms with Crippen LogP contribution in [-0.2, 0) is 6.54 Å². The van der Waals surface area contributed by atoms with Crippen molar-refractivity contribution in [1.82, 2.24) is 0 Å². The van der Waals surface area contributed by atoms with Gasteiger partial charge in [-0.2, -0.15) is 0 Å². The summed E-state index contributed by atoms with van der Waals surface area (Å²) < 4.78 is 13.3. The second kappa shape index (κ2) is 5.92. The maximum absolute atomic E-state index is 13.3. The van der Waals surface area contributed by atoms with E-state index in [-0.39, 0.29) is 5.02 Å². The molecule has 0 saturated carbocycles. The van der Waals surface area contributed by atoms with E-state index in [2.05, 4.69) is 5.32 Å². The van der Waals surface area contributed by atoms with Crippen molar-refractivity contribution in [2.24, 2.45) is 5.73 Å². The highest BCUT2D eigenvalue weighted by Crippen LogP contribution is 2.20.